The molecule has 0 unspecified atom stereocenters. The fourth-order valence-corrected chi connectivity index (χ4v) is 2.45. The fourth-order valence-electron chi connectivity index (χ4n) is 2.45. The third-order valence-corrected chi connectivity index (χ3v) is 3.58. The zero-order valence-electron chi connectivity index (χ0n) is 10.8. The first-order valence-corrected chi connectivity index (χ1v) is 6.51. The van der Waals surface area contributed by atoms with Crippen LogP contribution < -0.4 is 11.1 Å². The van der Waals surface area contributed by atoms with E-state index in [1.165, 1.54) is 32.1 Å². The summed E-state index contributed by atoms with van der Waals surface area (Å²) in [7, 11) is 0. The van der Waals surface area contributed by atoms with Gasteiger partial charge in [-0.15, -0.1) is 0 Å². The predicted molar refractivity (Wildman–Crippen MR) is 71.0 cm³/mol. The molecule has 0 aromatic carbocycles. The molecule has 0 radical (unpaired) electrons. The van der Waals surface area contributed by atoms with Gasteiger partial charge in [0.05, 0.1) is 0 Å². The molecular formula is C13H22N4. The van der Waals surface area contributed by atoms with Crippen molar-refractivity contribution in [1.82, 2.24) is 9.97 Å². The van der Waals surface area contributed by atoms with Crippen molar-refractivity contribution in [2.45, 2.75) is 46.0 Å². The van der Waals surface area contributed by atoms with Crippen LogP contribution in [0.1, 0.15) is 43.5 Å². The van der Waals surface area contributed by atoms with Crippen LogP contribution in [0.25, 0.3) is 0 Å². The van der Waals surface area contributed by atoms with Crippen molar-refractivity contribution in [2.75, 3.05) is 17.6 Å². The van der Waals surface area contributed by atoms with Gasteiger partial charge in [0.1, 0.15) is 17.5 Å². The Labute approximate surface area is 103 Å². The Morgan fingerprint density at radius 3 is 2.59 bits per heavy atom. The first kappa shape index (κ1) is 12.1. The van der Waals surface area contributed by atoms with Crippen molar-refractivity contribution >= 4 is 11.6 Å². The van der Waals surface area contributed by atoms with E-state index >= 15 is 0 Å². The molecule has 1 saturated carbocycles. The Kier molecular flexibility index (Phi) is 3.82. The number of nitrogen functional groups attached to an aromatic ring is 1. The smallest absolute Gasteiger partial charge is 0.134 e. The van der Waals surface area contributed by atoms with Gasteiger partial charge in [0.25, 0.3) is 0 Å². The van der Waals surface area contributed by atoms with Crippen LogP contribution in [0.4, 0.5) is 11.6 Å². The van der Waals surface area contributed by atoms with Gasteiger partial charge in [-0.05, 0) is 32.6 Å². The molecule has 0 amide bonds. The largest absolute Gasteiger partial charge is 0.383 e. The van der Waals surface area contributed by atoms with Crippen molar-refractivity contribution < 1.29 is 0 Å². The quantitative estimate of drug-likeness (QED) is 0.844. The molecule has 1 aliphatic carbocycles. The van der Waals surface area contributed by atoms with Crippen LogP contribution in [0, 0.1) is 19.8 Å². The van der Waals surface area contributed by atoms with Crippen LogP contribution in [0.3, 0.4) is 0 Å². The molecule has 0 saturated heterocycles. The van der Waals surface area contributed by atoms with Crippen LogP contribution in [-0.2, 0) is 0 Å². The Morgan fingerprint density at radius 1 is 1.18 bits per heavy atom. The van der Waals surface area contributed by atoms with E-state index in [4.69, 9.17) is 5.73 Å². The second-order valence-electron chi connectivity index (χ2n) is 5.01. The predicted octanol–water partition coefficient (Wildman–Crippen LogP) is 2.67. The average Bonchev–Trinajstić information content (AvgIpc) is 2.33. The highest BCUT2D eigenvalue weighted by Crippen LogP contribution is 2.24. The average molecular weight is 234 g/mol. The number of rotatable bonds is 3. The van der Waals surface area contributed by atoms with E-state index in [9.17, 15) is 0 Å². The van der Waals surface area contributed by atoms with Crippen LogP contribution in [0.2, 0.25) is 0 Å². The van der Waals surface area contributed by atoms with Crippen LogP contribution in [0.5, 0.6) is 0 Å². The summed E-state index contributed by atoms with van der Waals surface area (Å²) in [4.78, 5) is 8.57. The second-order valence-corrected chi connectivity index (χ2v) is 5.01. The first-order chi connectivity index (χ1) is 8.16. The van der Waals surface area contributed by atoms with E-state index in [1.807, 2.05) is 13.8 Å². The topological polar surface area (TPSA) is 63.8 Å². The third-order valence-electron chi connectivity index (χ3n) is 3.58. The summed E-state index contributed by atoms with van der Waals surface area (Å²) in [6.07, 6.45) is 6.82. The minimum atomic E-state index is 0.587. The first-order valence-electron chi connectivity index (χ1n) is 6.51. The maximum Gasteiger partial charge on any atom is 0.134 e. The molecular weight excluding hydrogens is 212 g/mol. The number of hydrogen-bond acceptors (Lipinski definition) is 4. The lowest BCUT2D eigenvalue weighted by Gasteiger charge is -2.22. The SMILES string of the molecule is Cc1nc(N)c(C)c(NCC2CCCCC2)n1. The fraction of sp³-hybridized carbons (Fsp3) is 0.692. The van der Waals surface area contributed by atoms with Gasteiger partial charge in [0.15, 0.2) is 0 Å². The van der Waals surface area contributed by atoms with Gasteiger partial charge in [-0.25, -0.2) is 9.97 Å². The highest BCUT2D eigenvalue weighted by atomic mass is 15.1. The summed E-state index contributed by atoms with van der Waals surface area (Å²) in [5, 5.41) is 3.43. The number of nitrogens with zero attached hydrogens (tertiary/aromatic N) is 2. The molecule has 0 atom stereocenters. The molecule has 1 aliphatic rings. The molecule has 2 rings (SSSR count). The zero-order chi connectivity index (χ0) is 12.3. The van der Waals surface area contributed by atoms with Crippen molar-refractivity contribution in [2.24, 2.45) is 5.92 Å². The number of nitrogens with two attached hydrogens (primary N) is 1. The van der Waals surface area contributed by atoms with Gasteiger partial charge in [-0.2, -0.15) is 0 Å². The van der Waals surface area contributed by atoms with Crippen LogP contribution in [0.15, 0.2) is 0 Å². The molecule has 4 nitrogen and oxygen atoms in total. The number of nitrogens with one attached hydrogen (secondary N) is 1. The van der Waals surface area contributed by atoms with Gasteiger partial charge in [0, 0.05) is 12.1 Å². The highest BCUT2D eigenvalue weighted by Gasteiger charge is 2.14. The molecule has 3 N–H and O–H groups in total. The summed E-state index contributed by atoms with van der Waals surface area (Å²) in [5.74, 6) is 3.02. The number of anilines is 2. The molecule has 1 aromatic rings. The van der Waals surface area contributed by atoms with Crippen LogP contribution in [-0.4, -0.2) is 16.5 Å². The summed E-state index contributed by atoms with van der Waals surface area (Å²) in [5.41, 5.74) is 6.80. The van der Waals surface area contributed by atoms with Crippen LogP contribution >= 0.6 is 0 Å². The zero-order valence-corrected chi connectivity index (χ0v) is 10.8. The van der Waals surface area contributed by atoms with E-state index in [0.29, 0.717) is 5.82 Å². The molecule has 17 heavy (non-hydrogen) atoms. The number of aryl methyl sites for hydroxylation is 1. The van der Waals surface area contributed by atoms with Crippen molar-refractivity contribution in [3.8, 4) is 0 Å². The van der Waals surface area contributed by atoms with E-state index < -0.39 is 0 Å². The Balaban J connectivity index is 1.98. The van der Waals surface area contributed by atoms with Crippen molar-refractivity contribution in [1.29, 1.82) is 0 Å². The third kappa shape index (κ3) is 3.08. The van der Waals surface area contributed by atoms with Gasteiger partial charge >= 0.3 is 0 Å². The Hall–Kier alpha value is -1.32. The molecule has 1 fully saturated rings. The van der Waals surface area contributed by atoms with E-state index in [-0.39, 0.29) is 0 Å². The minimum absolute atomic E-state index is 0.587. The lowest BCUT2D eigenvalue weighted by atomic mass is 9.89. The molecule has 0 spiro atoms. The molecule has 94 valence electrons. The standard InChI is InChI=1S/C13H22N4/c1-9-12(14)16-10(2)17-13(9)15-8-11-6-4-3-5-7-11/h11H,3-8H2,1-2H3,(H3,14,15,16,17). The molecule has 0 aliphatic heterocycles. The van der Waals surface area contributed by atoms with Gasteiger partial charge in [-0.3, -0.25) is 0 Å². The lowest BCUT2D eigenvalue weighted by Crippen LogP contribution is -2.19. The summed E-state index contributed by atoms with van der Waals surface area (Å²) < 4.78 is 0. The normalized spacial score (nSPS) is 17.1. The summed E-state index contributed by atoms with van der Waals surface area (Å²) in [6.45, 7) is 4.86. The van der Waals surface area contributed by atoms with E-state index in [2.05, 4.69) is 15.3 Å². The lowest BCUT2D eigenvalue weighted by molar-refractivity contribution is 0.373. The highest BCUT2D eigenvalue weighted by molar-refractivity contribution is 5.54. The van der Waals surface area contributed by atoms with Gasteiger partial charge in [-0.1, -0.05) is 19.3 Å². The van der Waals surface area contributed by atoms with Crippen molar-refractivity contribution in [3.63, 3.8) is 0 Å². The molecule has 0 bridgehead atoms. The summed E-state index contributed by atoms with van der Waals surface area (Å²) in [6, 6.07) is 0. The molecule has 1 heterocycles. The Morgan fingerprint density at radius 2 is 1.88 bits per heavy atom. The molecule has 1 aromatic heterocycles. The maximum absolute atomic E-state index is 5.84. The van der Waals surface area contributed by atoms with Crippen molar-refractivity contribution in [3.05, 3.63) is 11.4 Å². The van der Waals surface area contributed by atoms with E-state index in [0.717, 1.165) is 29.7 Å². The minimum Gasteiger partial charge on any atom is -0.383 e. The molecule has 4 heteroatoms. The van der Waals surface area contributed by atoms with E-state index in [1.54, 1.807) is 0 Å². The number of aromatic nitrogens is 2. The Bertz CT molecular complexity index is 383. The maximum atomic E-state index is 5.84. The van der Waals surface area contributed by atoms with Gasteiger partial charge in [0.2, 0.25) is 0 Å². The number of hydrogen-bond donors (Lipinski definition) is 2. The monoisotopic (exact) mass is 234 g/mol. The second kappa shape index (κ2) is 5.34. The van der Waals surface area contributed by atoms with Gasteiger partial charge < -0.3 is 11.1 Å². The summed E-state index contributed by atoms with van der Waals surface area (Å²) >= 11 is 0.